The third-order valence-electron chi connectivity index (χ3n) is 4.98. The summed E-state index contributed by atoms with van der Waals surface area (Å²) in [6.07, 6.45) is 2.74. The van der Waals surface area contributed by atoms with E-state index >= 15 is 0 Å². The summed E-state index contributed by atoms with van der Waals surface area (Å²) >= 11 is 1.72. The first-order chi connectivity index (χ1) is 13.1. The molecule has 3 aromatic rings. The molecular weight excluding hydrogens is 358 g/mol. The number of hydrogen-bond donors (Lipinski definition) is 1. The normalized spacial score (nSPS) is 14.6. The molecule has 0 radical (unpaired) electrons. The minimum atomic E-state index is -0.829. The SMILES string of the molecule is C[C@H](CC(=O)O)c1nccc(N2CCc3cc(-c4ccsc4)ccc3C2)n1. The van der Waals surface area contributed by atoms with Crippen molar-refractivity contribution in [3.05, 3.63) is 64.2 Å². The van der Waals surface area contributed by atoms with Crippen LogP contribution in [0.2, 0.25) is 0 Å². The standard InChI is InChI=1S/C21H21N3O2S/c1-14(10-20(25)26)21-22-7-4-19(23-21)24-8-5-16-11-15(2-3-17(16)12-24)18-6-9-27-13-18/h2-4,6-7,9,11,13-14H,5,8,10,12H2,1H3,(H,25,26)/t14-/m1/s1. The maximum atomic E-state index is 11.0. The number of rotatable bonds is 5. The maximum Gasteiger partial charge on any atom is 0.304 e. The van der Waals surface area contributed by atoms with Crippen LogP contribution in [-0.2, 0) is 17.8 Å². The Bertz CT molecular complexity index is 956. The summed E-state index contributed by atoms with van der Waals surface area (Å²) in [5.41, 5.74) is 5.26. The first-order valence-electron chi connectivity index (χ1n) is 9.04. The Morgan fingerprint density at radius 1 is 1.26 bits per heavy atom. The molecule has 27 heavy (non-hydrogen) atoms. The van der Waals surface area contributed by atoms with Crippen molar-refractivity contribution in [3.8, 4) is 11.1 Å². The van der Waals surface area contributed by atoms with E-state index in [2.05, 4.69) is 49.9 Å². The number of nitrogens with zero attached hydrogens (tertiary/aromatic N) is 3. The summed E-state index contributed by atoms with van der Waals surface area (Å²) in [6, 6.07) is 10.8. The first kappa shape index (κ1) is 17.7. The molecule has 0 bridgehead atoms. The van der Waals surface area contributed by atoms with E-state index in [-0.39, 0.29) is 12.3 Å². The number of carboxylic acid groups (broad SMARTS) is 1. The Morgan fingerprint density at radius 2 is 2.15 bits per heavy atom. The van der Waals surface area contributed by atoms with Crippen molar-refractivity contribution >= 4 is 23.1 Å². The maximum absolute atomic E-state index is 11.0. The van der Waals surface area contributed by atoms with Gasteiger partial charge in [0.25, 0.3) is 0 Å². The van der Waals surface area contributed by atoms with Gasteiger partial charge in [0.05, 0.1) is 6.42 Å². The summed E-state index contributed by atoms with van der Waals surface area (Å²) in [7, 11) is 0. The molecule has 0 saturated heterocycles. The van der Waals surface area contributed by atoms with Crippen LogP contribution in [-0.4, -0.2) is 27.6 Å². The summed E-state index contributed by atoms with van der Waals surface area (Å²) in [5.74, 6) is 0.427. The lowest BCUT2D eigenvalue weighted by Gasteiger charge is -2.30. The molecule has 6 heteroatoms. The van der Waals surface area contributed by atoms with Crippen molar-refractivity contribution in [2.24, 2.45) is 0 Å². The van der Waals surface area contributed by atoms with Crippen LogP contribution in [0.1, 0.15) is 36.2 Å². The van der Waals surface area contributed by atoms with Crippen molar-refractivity contribution in [1.29, 1.82) is 0 Å². The van der Waals surface area contributed by atoms with Crippen LogP contribution in [0.3, 0.4) is 0 Å². The summed E-state index contributed by atoms with van der Waals surface area (Å²) in [5, 5.41) is 13.3. The Kier molecular flexibility index (Phi) is 4.90. The lowest BCUT2D eigenvalue weighted by molar-refractivity contribution is -0.137. The highest BCUT2D eigenvalue weighted by Crippen LogP contribution is 2.29. The number of aromatic nitrogens is 2. The molecule has 138 valence electrons. The number of carbonyl (C=O) groups is 1. The Morgan fingerprint density at radius 3 is 2.93 bits per heavy atom. The van der Waals surface area contributed by atoms with Crippen molar-refractivity contribution < 1.29 is 9.90 Å². The quantitative estimate of drug-likeness (QED) is 0.714. The highest BCUT2D eigenvalue weighted by atomic mass is 32.1. The van der Waals surface area contributed by atoms with Gasteiger partial charge in [-0.15, -0.1) is 0 Å². The van der Waals surface area contributed by atoms with Crippen molar-refractivity contribution in [3.63, 3.8) is 0 Å². The summed E-state index contributed by atoms with van der Waals surface area (Å²) < 4.78 is 0. The number of aliphatic carboxylic acids is 1. The lowest BCUT2D eigenvalue weighted by Crippen LogP contribution is -2.31. The van der Waals surface area contributed by atoms with Gasteiger partial charge in [-0.1, -0.05) is 25.1 Å². The van der Waals surface area contributed by atoms with Gasteiger partial charge in [0.15, 0.2) is 0 Å². The molecule has 0 spiro atoms. The monoisotopic (exact) mass is 379 g/mol. The fourth-order valence-corrected chi connectivity index (χ4v) is 4.15. The number of carboxylic acids is 1. The molecule has 3 heterocycles. The average Bonchev–Trinajstić information content (AvgIpc) is 3.21. The van der Waals surface area contributed by atoms with Gasteiger partial charge < -0.3 is 10.0 Å². The molecule has 2 aromatic heterocycles. The second-order valence-electron chi connectivity index (χ2n) is 6.94. The van der Waals surface area contributed by atoms with Crippen LogP contribution in [0.4, 0.5) is 5.82 Å². The molecular formula is C21H21N3O2S. The third kappa shape index (κ3) is 3.85. The van der Waals surface area contributed by atoms with Crippen LogP contribution in [0.25, 0.3) is 11.1 Å². The molecule has 0 fully saturated rings. The van der Waals surface area contributed by atoms with E-state index in [0.29, 0.717) is 5.82 Å². The smallest absolute Gasteiger partial charge is 0.304 e. The second kappa shape index (κ2) is 7.48. The predicted molar refractivity (Wildman–Crippen MR) is 107 cm³/mol. The average molecular weight is 379 g/mol. The molecule has 1 aromatic carbocycles. The number of fused-ring (bicyclic) bond motifs is 1. The van der Waals surface area contributed by atoms with Crippen molar-refractivity contribution in [2.75, 3.05) is 11.4 Å². The van der Waals surface area contributed by atoms with E-state index in [4.69, 9.17) is 5.11 Å². The molecule has 0 amide bonds. The number of thiophene rings is 1. The van der Waals surface area contributed by atoms with Crippen LogP contribution in [0.15, 0.2) is 47.3 Å². The topological polar surface area (TPSA) is 66.3 Å². The minimum Gasteiger partial charge on any atom is -0.481 e. The molecule has 1 atom stereocenters. The van der Waals surface area contributed by atoms with E-state index < -0.39 is 5.97 Å². The van der Waals surface area contributed by atoms with Gasteiger partial charge in [0.2, 0.25) is 0 Å². The largest absolute Gasteiger partial charge is 0.481 e. The molecule has 0 aliphatic carbocycles. The zero-order chi connectivity index (χ0) is 18.8. The highest BCUT2D eigenvalue weighted by Gasteiger charge is 2.20. The van der Waals surface area contributed by atoms with E-state index in [1.807, 2.05) is 13.0 Å². The minimum absolute atomic E-state index is 0.0393. The van der Waals surface area contributed by atoms with Gasteiger partial charge in [-0.25, -0.2) is 9.97 Å². The molecule has 1 aliphatic rings. The number of benzene rings is 1. The number of hydrogen-bond acceptors (Lipinski definition) is 5. The fourth-order valence-electron chi connectivity index (χ4n) is 3.49. The van der Waals surface area contributed by atoms with Crippen LogP contribution in [0.5, 0.6) is 0 Å². The third-order valence-corrected chi connectivity index (χ3v) is 5.66. The van der Waals surface area contributed by atoms with Gasteiger partial charge in [-0.3, -0.25) is 4.79 Å². The molecule has 0 saturated carbocycles. The van der Waals surface area contributed by atoms with Gasteiger partial charge in [-0.2, -0.15) is 11.3 Å². The van der Waals surface area contributed by atoms with Crippen LogP contribution in [0, 0.1) is 0 Å². The molecule has 1 aliphatic heterocycles. The Balaban J connectivity index is 1.54. The van der Waals surface area contributed by atoms with E-state index in [1.165, 1.54) is 22.3 Å². The molecule has 4 rings (SSSR count). The van der Waals surface area contributed by atoms with E-state index in [0.717, 1.165) is 25.3 Å². The predicted octanol–water partition coefficient (Wildman–Crippen LogP) is 4.35. The van der Waals surface area contributed by atoms with Gasteiger partial charge in [0.1, 0.15) is 11.6 Å². The van der Waals surface area contributed by atoms with Gasteiger partial charge >= 0.3 is 5.97 Å². The van der Waals surface area contributed by atoms with Crippen LogP contribution < -0.4 is 4.90 Å². The number of anilines is 1. The fraction of sp³-hybridized carbons (Fsp3) is 0.286. The Hall–Kier alpha value is -2.73. The van der Waals surface area contributed by atoms with Gasteiger partial charge in [0, 0.05) is 25.2 Å². The van der Waals surface area contributed by atoms with Crippen molar-refractivity contribution in [2.45, 2.75) is 32.2 Å². The first-order valence-corrected chi connectivity index (χ1v) is 9.98. The second-order valence-corrected chi connectivity index (χ2v) is 7.72. The Labute approximate surface area is 162 Å². The van der Waals surface area contributed by atoms with Crippen LogP contribution >= 0.6 is 11.3 Å². The van der Waals surface area contributed by atoms with Crippen molar-refractivity contribution in [1.82, 2.24) is 9.97 Å². The highest BCUT2D eigenvalue weighted by molar-refractivity contribution is 7.08. The van der Waals surface area contributed by atoms with E-state index in [1.54, 1.807) is 17.5 Å². The summed E-state index contributed by atoms with van der Waals surface area (Å²) in [6.45, 7) is 3.55. The zero-order valence-corrected chi connectivity index (χ0v) is 15.9. The van der Waals surface area contributed by atoms with Gasteiger partial charge in [-0.05, 0) is 51.6 Å². The molecule has 5 nitrogen and oxygen atoms in total. The van der Waals surface area contributed by atoms with E-state index in [9.17, 15) is 4.79 Å². The zero-order valence-electron chi connectivity index (χ0n) is 15.1. The molecule has 0 unspecified atom stereocenters. The molecule has 1 N–H and O–H groups in total. The summed E-state index contributed by atoms with van der Waals surface area (Å²) in [4.78, 5) is 22.1. The lowest BCUT2D eigenvalue weighted by atomic mass is 9.95.